The highest BCUT2D eigenvalue weighted by Crippen LogP contribution is 2.37. The average Bonchev–Trinajstić information content (AvgIpc) is 2.40. The average molecular weight is 333 g/mol. The van der Waals surface area contributed by atoms with Crippen molar-refractivity contribution in [3.8, 4) is 0 Å². The molecule has 0 aliphatic carbocycles. The maximum Gasteiger partial charge on any atom is 0.191 e. The van der Waals surface area contributed by atoms with Gasteiger partial charge >= 0.3 is 0 Å². The molecule has 22 heavy (non-hydrogen) atoms. The normalized spacial score (nSPS) is 17.1. The SMILES string of the molecule is COCO[C@@H](CC=O)[C@@H](C)C[C@H](C)CO[Si](C)(C)C(C)(C)C. The molecule has 0 amide bonds. The van der Waals surface area contributed by atoms with Crippen LogP contribution >= 0.6 is 0 Å². The Balaban J connectivity index is 4.38. The van der Waals surface area contributed by atoms with Crippen molar-refractivity contribution in [2.45, 2.75) is 71.7 Å². The highest BCUT2D eigenvalue weighted by atomic mass is 28.4. The van der Waals surface area contributed by atoms with Gasteiger partial charge in [0.1, 0.15) is 13.1 Å². The summed E-state index contributed by atoms with van der Waals surface area (Å²) in [6.07, 6.45) is 2.25. The number of methoxy groups -OCH3 is 1. The molecular formula is C17H36O4Si. The summed E-state index contributed by atoms with van der Waals surface area (Å²) in [6.45, 7) is 16.7. The van der Waals surface area contributed by atoms with E-state index in [0.717, 1.165) is 19.3 Å². The highest BCUT2D eigenvalue weighted by molar-refractivity contribution is 6.74. The summed E-state index contributed by atoms with van der Waals surface area (Å²) in [7, 11) is -0.0939. The number of hydrogen-bond acceptors (Lipinski definition) is 4. The Labute approximate surface area is 138 Å². The Hall–Kier alpha value is -0.233. The maximum atomic E-state index is 10.8. The van der Waals surface area contributed by atoms with E-state index in [9.17, 15) is 4.79 Å². The number of ether oxygens (including phenoxy) is 2. The van der Waals surface area contributed by atoms with Gasteiger partial charge in [0, 0.05) is 20.1 Å². The number of carbonyl (C=O) groups is 1. The monoisotopic (exact) mass is 332 g/mol. The van der Waals surface area contributed by atoms with E-state index >= 15 is 0 Å². The first kappa shape index (κ1) is 21.8. The molecule has 0 aliphatic heterocycles. The summed E-state index contributed by atoms with van der Waals surface area (Å²) in [6, 6.07) is 0. The third-order valence-electron chi connectivity index (χ3n) is 4.67. The summed E-state index contributed by atoms with van der Waals surface area (Å²) >= 11 is 0. The van der Waals surface area contributed by atoms with E-state index in [-0.39, 0.29) is 17.9 Å². The third-order valence-corrected chi connectivity index (χ3v) is 9.17. The molecule has 132 valence electrons. The second-order valence-corrected chi connectivity index (χ2v) is 12.7. The van der Waals surface area contributed by atoms with Gasteiger partial charge in [-0.25, -0.2) is 0 Å². The zero-order valence-corrected chi connectivity index (χ0v) is 16.8. The Kier molecular flexibility index (Phi) is 9.70. The Morgan fingerprint density at radius 1 is 1.18 bits per heavy atom. The smallest absolute Gasteiger partial charge is 0.191 e. The Bertz CT molecular complexity index is 312. The maximum absolute atomic E-state index is 10.8. The lowest BCUT2D eigenvalue weighted by Gasteiger charge is -2.37. The zero-order valence-electron chi connectivity index (χ0n) is 15.8. The molecule has 0 radical (unpaired) electrons. The standard InChI is InChI=1S/C17H36O4Si/c1-14(12-21-22(7,8)17(3,4)5)11-15(2)16(9-10-18)20-13-19-6/h10,14-16H,9,11-13H2,1-8H3/t14-,15-,16-/m0/s1. The summed E-state index contributed by atoms with van der Waals surface area (Å²) in [5.41, 5.74) is 0. The first-order valence-electron chi connectivity index (χ1n) is 8.23. The molecule has 0 rings (SSSR count). The third kappa shape index (κ3) is 7.86. The number of rotatable bonds is 11. The van der Waals surface area contributed by atoms with Gasteiger partial charge < -0.3 is 18.7 Å². The summed E-state index contributed by atoms with van der Waals surface area (Å²) in [5, 5.41) is 0.236. The van der Waals surface area contributed by atoms with E-state index in [2.05, 4.69) is 47.7 Å². The van der Waals surface area contributed by atoms with E-state index in [1.54, 1.807) is 7.11 Å². The second kappa shape index (κ2) is 9.81. The molecule has 0 spiro atoms. The fourth-order valence-electron chi connectivity index (χ4n) is 2.14. The molecule has 0 saturated carbocycles. The summed E-state index contributed by atoms with van der Waals surface area (Å²) in [4.78, 5) is 10.8. The van der Waals surface area contributed by atoms with Crippen molar-refractivity contribution in [2.24, 2.45) is 11.8 Å². The number of carbonyl (C=O) groups excluding carboxylic acids is 1. The Morgan fingerprint density at radius 2 is 1.77 bits per heavy atom. The van der Waals surface area contributed by atoms with Gasteiger partial charge in [0.2, 0.25) is 0 Å². The highest BCUT2D eigenvalue weighted by Gasteiger charge is 2.37. The molecule has 0 fully saturated rings. The van der Waals surface area contributed by atoms with Crippen molar-refractivity contribution in [3.05, 3.63) is 0 Å². The molecule has 0 aromatic carbocycles. The van der Waals surface area contributed by atoms with Gasteiger partial charge in [-0.15, -0.1) is 0 Å². The van der Waals surface area contributed by atoms with Crippen LogP contribution in [0.3, 0.4) is 0 Å². The lowest BCUT2D eigenvalue weighted by atomic mass is 9.92. The second-order valence-electron chi connectivity index (χ2n) is 7.90. The lowest BCUT2D eigenvalue weighted by Crippen LogP contribution is -2.42. The van der Waals surface area contributed by atoms with Crippen molar-refractivity contribution in [3.63, 3.8) is 0 Å². The minimum atomic E-state index is -1.69. The van der Waals surface area contributed by atoms with E-state index in [4.69, 9.17) is 13.9 Å². The first-order valence-corrected chi connectivity index (χ1v) is 11.1. The molecule has 5 heteroatoms. The molecular weight excluding hydrogens is 296 g/mol. The molecule has 0 bridgehead atoms. The van der Waals surface area contributed by atoms with Crippen LogP contribution in [0.15, 0.2) is 0 Å². The van der Waals surface area contributed by atoms with Gasteiger partial charge in [-0.2, -0.15) is 0 Å². The quantitative estimate of drug-likeness (QED) is 0.322. The molecule has 0 aliphatic rings. The predicted octanol–water partition coefficient (Wildman–Crippen LogP) is 4.25. The van der Waals surface area contributed by atoms with Crippen molar-refractivity contribution in [2.75, 3.05) is 20.5 Å². The van der Waals surface area contributed by atoms with E-state index in [1.807, 2.05) is 0 Å². The Morgan fingerprint density at radius 3 is 2.23 bits per heavy atom. The molecule has 0 heterocycles. The minimum Gasteiger partial charge on any atom is -0.417 e. The lowest BCUT2D eigenvalue weighted by molar-refractivity contribution is -0.119. The van der Waals surface area contributed by atoms with Crippen LogP contribution in [0, 0.1) is 11.8 Å². The van der Waals surface area contributed by atoms with Crippen molar-refractivity contribution in [1.29, 1.82) is 0 Å². The molecule has 0 aromatic heterocycles. The zero-order chi connectivity index (χ0) is 17.4. The summed E-state index contributed by atoms with van der Waals surface area (Å²) in [5.74, 6) is 0.753. The molecule has 3 atom stereocenters. The first-order chi connectivity index (χ1) is 10.0. The molecule has 0 unspecified atom stereocenters. The van der Waals surface area contributed by atoms with E-state index in [1.165, 1.54) is 0 Å². The van der Waals surface area contributed by atoms with Crippen LogP contribution < -0.4 is 0 Å². The van der Waals surface area contributed by atoms with Crippen LogP contribution in [0.25, 0.3) is 0 Å². The predicted molar refractivity (Wildman–Crippen MR) is 93.5 cm³/mol. The van der Waals surface area contributed by atoms with Crippen LogP contribution in [0.1, 0.15) is 47.5 Å². The van der Waals surface area contributed by atoms with Gasteiger partial charge in [-0.1, -0.05) is 34.6 Å². The van der Waals surface area contributed by atoms with Crippen LogP contribution in [0.4, 0.5) is 0 Å². The van der Waals surface area contributed by atoms with Crippen molar-refractivity contribution in [1.82, 2.24) is 0 Å². The van der Waals surface area contributed by atoms with Crippen molar-refractivity contribution < 1.29 is 18.7 Å². The fraction of sp³-hybridized carbons (Fsp3) is 0.941. The topological polar surface area (TPSA) is 44.8 Å². The minimum absolute atomic E-state index is 0.0761. The van der Waals surface area contributed by atoms with E-state index < -0.39 is 8.32 Å². The van der Waals surface area contributed by atoms with Gasteiger partial charge in [-0.3, -0.25) is 0 Å². The summed E-state index contributed by atoms with van der Waals surface area (Å²) < 4.78 is 16.8. The molecule has 0 saturated heterocycles. The largest absolute Gasteiger partial charge is 0.417 e. The van der Waals surface area contributed by atoms with Crippen LogP contribution in [-0.4, -0.2) is 41.2 Å². The molecule has 0 N–H and O–H groups in total. The van der Waals surface area contributed by atoms with Gasteiger partial charge in [0.15, 0.2) is 8.32 Å². The number of aldehydes is 1. The molecule has 4 nitrogen and oxygen atoms in total. The van der Waals surface area contributed by atoms with Gasteiger partial charge in [-0.05, 0) is 36.4 Å². The van der Waals surface area contributed by atoms with Gasteiger partial charge in [0.25, 0.3) is 0 Å². The van der Waals surface area contributed by atoms with Gasteiger partial charge in [0.05, 0.1) is 6.10 Å². The van der Waals surface area contributed by atoms with Crippen molar-refractivity contribution >= 4 is 14.6 Å². The molecule has 0 aromatic rings. The fourth-order valence-corrected chi connectivity index (χ4v) is 3.27. The van der Waals surface area contributed by atoms with E-state index in [0.29, 0.717) is 18.3 Å². The van der Waals surface area contributed by atoms with Crippen LogP contribution in [0.5, 0.6) is 0 Å². The number of hydrogen-bond donors (Lipinski definition) is 0. The van der Waals surface area contributed by atoms with Crippen LogP contribution in [0.2, 0.25) is 18.1 Å². The van der Waals surface area contributed by atoms with Crippen LogP contribution in [-0.2, 0) is 18.7 Å².